The van der Waals surface area contributed by atoms with Crippen LogP contribution in [0.4, 0.5) is 0 Å². The van der Waals surface area contributed by atoms with Gasteiger partial charge in [0.25, 0.3) is 0 Å². The average molecular weight is 284 g/mol. The first-order valence-electron chi connectivity index (χ1n) is 6.85. The van der Waals surface area contributed by atoms with Crippen molar-refractivity contribution in [2.45, 2.75) is 12.7 Å². The Morgan fingerprint density at radius 3 is 2.62 bits per heavy atom. The predicted octanol–water partition coefficient (Wildman–Crippen LogP) is 2.86. The van der Waals surface area contributed by atoms with E-state index in [2.05, 4.69) is 0 Å². The maximum absolute atomic E-state index is 10.9. The van der Waals surface area contributed by atoms with Crippen molar-refractivity contribution < 1.29 is 19.0 Å². The summed E-state index contributed by atoms with van der Waals surface area (Å²) in [6.07, 6.45) is 0.952. The van der Waals surface area contributed by atoms with Gasteiger partial charge in [0.15, 0.2) is 11.5 Å². The van der Waals surface area contributed by atoms with Crippen molar-refractivity contribution in [2.75, 3.05) is 13.2 Å². The number of epoxide rings is 1. The van der Waals surface area contributed by atoms with Gasteiger partial charge in [-0.15, -0.1) is 0 Å². The SMILES string of the molecule is O=Cc1ccc(OCc2ccccc2)c(OC[C@H]2CO2)c1. The zero-order valence-electron chi connectivity index (χ0n) is 11.5. The van der Waals surface area contributed by atoms with Gasteiger partial charge >= 0.3 is 0 Å². The lowest BCUT2D eigenvalue weighted by Gasteiger charge is -2.12. The maximum Gasteiger partial charge on any atom is 0.162 e. The Labute approximate surface area is 123 Å². The molecule has 1 saturated heterocycles. The second-order valence-electron chi connectivity index (χ2n) is 4.86. The zero-order valence-corrected chi connectivity index (χ0v) is 11.5. The summed E-state index contributed by atoms with van der Waals surface area (Å²) in [5, 5.41) is 0. The average Bonchev–Trinajstić information content (AvgIpc) is 3.36. The Balaban J connectivity index is 1.70. The van der Waals surface area contributed by atoms with Crippen molar-refractivity contribution in [3.63, 3.8) is 0 Å². The van der Waals surface area contributed by atoms with Gasteiger partial charge < -0.3 is 14.2 Å². The lowest BCUT2D eigenvalue weighted by Crippen LogP contribution is -2.06. The molecule has 0 bridgehead atoms. The van der Waals surface area contributed by atoms with Crippen molar-refractivity contribution in [2.24, 2.45) is 0 Å². The highest BCUT2D eigenvalue weighted by Crippen LogP contribution is 2.29. The van der Waals surface area contributed by atoms with Crippen molar-refractivity contribution in [1.29, 1.82) is 0 Å². The van der Waals surface area contributed by atoms with Gasteiger partial charge in [-0.05, 0) is 23.8 Å². The minimum absolute atomic E-state index is 0.159. The topological polar surface area (TPSA) is 48.1 Å². The highest BCUT2D eigenvalue weighted by Gasteiger charge is 2.23. The molecule has 2 aromatic carbocycles. The fraction of sp³-hybridized carbons (Fsp3) is 0.235. The zero-order chi connectivity index (χ0) is 14.5. The molecule has 4 heteroatoms. The minimum Gasteiger partial charge on any atom is -0.487 e. The summed E-state index contributed by atoms with van der Waals surface area (Å²) in [5.41, 5.74) is 1.64. The summed E-state index contributed by atoms with van der Waals surface area (Å²) >= 11 is 0. The molecule has 4 nitrogen and oxygen atoms in total. The maximum atomic E-state index is 10.9. The van der Waals surface area contributed by atoms with E-state index in [-0.39, 0.29) is 6.10 Å². The minimum atomic E-state index is 0.159. The molecule has 1 aliphatic heterocycles. The molecule has 108 valence electrons. The quantitative estimate of drug-likeness (QED) is 0.579. The molecule has 0 radical (unpaired) electrons. The van der Waals surface area contributed by atoms with E-state index in [1.54, 1.807) is 18.2 Å². The summed E-state index contributed by atoms with van der Waals surface area (Å²) < 4.78 is 16.6. The van der Waals surface area contributed by atoms with E-state index in [1.165, 1.54) is 0 Å². The number of carbonyl (C=O) groups is 1. The number of hydrogen-bond acceptors (Lipinski definition) is 4. The number of rotatable bonds is 7. The molecule has 0 N–H and O–H groups in total. The van der Waals surface area contributed by atoms with E-state index in [0.29, 0.717) is 30.3 Å². The van der Waals surface area contributed by atoms with Gasteiger partial charge in [0.1, 0.15) is 25.6 Å². The molecule has 0 aliphatic carbocycles. The monoisotopic (exact) mass is 284 g/mol. The van der Waals surface area contributed by atoms with Crippen LogP contribution < -0.4 is 9.47 Å². The van der Waals surface area contributed by atoms with Crippen LogP contribution >= 0.6 is 0 Å². The number of benzene rings is 2. The van der Waals surface area contributed by atoms with Crippen LogP contribution in [0.3, 0.4) is 0 Å². The van der Waals surface area contributed by atoms with Gasteiger partial charge in [0.2, 0.25) is 0 Å². The standard InChI is InChI=1S/C17H16O4/c18-9-14-6-7-16(17(8-14)21-12-15-11-19-15)20-10-13-4-2-1-3-5-13/h1-9,15H,10-12H2/t15-/m1/s1. The molecule has 0 spiro atoms. The number of hydrogen-bond donors (Lipinski definition) is 0. The Hall–Kier alpha value is -2.33. The van der Waals surface area contributed by atoms with E-state index >= 15 is 0 Å². The van der Waals surface area contributed by atoms with Gasteiger partial charge in [-0.1, -0.05) is 30.3 Å². The van der Waals surface area contributed by atoms with Crippen LogP contribution in [0.25, 0.3) is 0 Å². The smallest absolute Gasteiger partial charge is 0.162 e. The molecule has 0 unspecified atom stereocenters. The van der Waals surface area contributed by atoms with Crippen LogP contribution in [0.2, 0.25) is 0 Å². The van der Waals surface area contributed by atoms with Gasteiger partial charge in [0.05, 0.1) is 6.61 Å². The summed E-state index contributed by atoms with van der Waals surface area (Å²) in [4.78, 5) is 10.9. The molecule has 3 rings (SSSR count). The van der Waals surface area contributed by atoms with Crippen molar-refractivity contribution >= 4 is 6.29 Å². The lowest BCUT2D eigenvalue weighted by molar-refractivity contribution is 0.112. The Kier molecular flexibility index (Phi) is 4.17. The number of carbonyl (C=O) groups excluding carboxylic acids is 1. The van der Waals surface area contributed by atoms with Crippen LogP contribution in [-0.2, 0) is 11.3 Å². The molecular weight excluding hydrogens is 268 g/mol. The fourth-order valence-corrected chi connectivity index (χ4v) is 1.91. The summed E-state index contributed by atoms with van der Waals surface area (Å²) in [7, 11) is 0. The molecule has 1 atom stereocenters. The third-order valence-electron chi connectivity index (χ3n) is 3.17. The summed E-state index contributed by atoms with van der Waals surface area (Å²) in [5.74, 6) is 1.20. The number of aldehydes is 1. The molecule has 1 fully saturated rings. The van der Waals surface area contributed by atoms with E-state index < -0.39 is 0 Å². The van der Waals surface area contributed by atoms with Crippen LogP contribution in [0.5, 0.6) is 11.5 Å². The van der Waals surface area contributed by atoms with Gasteiger partial charge in [0, 0.05) is 5.56 Å². The Morgan fingerprint density at radius 1 is 1.10 bits per heavy atom. The van der Waals surface area contributed by atoms with Gasteiger partial charge in [-0.2, -0.15) is 0 Å². The van der Waals surface area contributed by atoms with E-state index in [4.69, 9.17) is 14.2 Å². The summed E-state index contributed by atoms with van der Waals surface area (Å²) in [6.45, 7) is 1.66. The van der Waals surface area contributed by atoms with E-state index in [9.17, 15) is 4.79 Å². The van der Waals surface area contributed by atoms with E-state index in [0.717, 1.165) is 18.5 Å². The van der Waals surface area contributed by atoms with Gasteiger partial charge in [-0.25, -0.2) is 0 Å². The molecule has 1 aliphatic rings. The number of ether oxygens (including phenoxy) is 3. The molecule has 2 aromatic rings. The Bertz CT molecular complexity index is 605. The van der Waals surface area contributed by atoms with E-state index in [1.807, 2.05) is 30.3 Å². The second-order valence-corrected chi connectivity index (χ2v) is 4.86. The Morgan fingerprint density at radius 2 is 1.90 bits per heavy atom. The highest BCUT2D eigenvalue weighted by atomic mass is 16.6. The van der Waals surface area contributed by atoms with Crippen molar-refractivity contribution in [3.05, 3.63) is 59.7 Å². The van der Waals surface area contributed by atoms with Crippen LogP contribution in [0.15, 0.2) is 48.5 Å². The van der Waals surface area contributed by atoms with Crippen LogP contribution in [-0.4, -0.2) is 25.6 Å². The third-order valence-corrected chi connectivity index (χ3v) is 3.17. The highest BCUT2D eigenvalue weighted by molar-refractivity contribution is 5.76. The molecule has 0 amide bonds. The molecule has 0 aromatic heterocycles. The molecule has 1 heterocycles. The fourth-order valence-electron chi connectivity index (χ4n) is 1.91. The predicted molar refractivity (Wildman–Crippen MR) is 77.8 cm³/mol. The normalized spacial score (nSPS) is 16.3. The first kappa shape index (κ1) is 13.6. The largest absolute Gasteiger partial charge is 0.487 e. The first-order valence-corrected chi connectivity index (χ1v) is 6.85. The molecular formula is C17H16O4. The molecule has 0 saturated carbocycles. The lowest BCUT2D eigenvalue weighted by atomic mass is 10.2. The van der Waals surface area contributed by atoms with Crippen molar-refractivity contribution in [3.8, 4) is 11.5 Å². The molecule has 21 heavy (non-hydrogen) atoms. The second kappa shape index (κ2) is 6.41. The van der Waals surface area contributed by atoms with Crippen molar-refractivity contribution in [1.82, 2.24) is 0 Å². The van der Waals surface area contributed by atoms with Gasteiger partial charge in [-0.3, -0.25) is 4.79 Å². The first-order chi connectivity index (χ1) is 10.3. The van der Waals surface area contributed by atoms with Crippen LogP contribution in [0, 0.1) is 0 Å². The third kappa shape index (κ3) is 3.83. The summed E-state index contributed by atoms with van der Waals surface area (Å²) in [6, 6.07) is 15.1. The van der Waals surface area contributed by atoms with Crippen LogP contribution in [0.1, 0.15) is 15.9 Å².